The third-order valence-electron chi connectivity index (χ3n) is 5.88. The smallest absolute Gasteiger partial charge is 0.238 e. The van der Waals surface area contributed by atoms with Gasteiger partial charge >= 0.3 is 0 Å². The molecule has 35 heavy (non-hydrogen) atoms. The minimum absolute atomic E-state index is 0.0677. The fourth-order valence-corrected chi connectivity index (χ4v) is 4.67. The second-order valence-corrected chi connectivity index (χ2v) is 10.7. The summed E-state index contributed by atoms with van der Waals surface area (Å²) in [6.07, 6.45) is -0.333. The number of piperazine rings is 1. The van der Waals surface area contributed by atoms with E-state index < -0.39 is 33.7 Å². The van der Waals surface area contributed by atoms with Gasteiger partial charge in [-0.25, -0.2) is 17.2 Å². The Kier molecular flexibility index (Phi) is 7.55. The highest BCUT2D eigenvalue weighted by atomic mass is 32.2. The lowest BCUT2D eigenvalue weighted by atomic mass is 10.1. The lowest BCUT2D eigenvalue weighted by Crippen LogP contribution is -2.53. The number of anilines is 1. The summed E-state index contributed by atoms with van der Waals surface area (Å²) >= 11 is 0. The van der Waals surface area contributed by atoms with Gasteiger partial charge in [0.15, 0.2) is 27.4 Å². The van der Waals surface area contributed by atoms with Crippen LogP contribution in [-0.4, -0.2) is 93.6 Å². The first-order valence-corrected chi connectivity index (χ1v) is 13.0. The summed E-state index contributed by atoms with van der Waals surface area (Å²) < 4.78 is 61.5. The minimum Gasteiger partial charge on any atom is -0.486 e. The summed E-state index contributed by atoms with van der Waals surface area (Å²) in [5, 5.41) is 13.2. The van der Waals surface area contributed by atoms with Crippen LogP contribution in [0.25, 0.3) is 0 Å². The molecule has 2 aliphatic heterocycles. The van der Waals surface area contributed by atoms with Crippen LogP contribution in [0.1, 0.15) is 0 Å². The Balaban J connectivity index is 1.23. The summed E-state index contributed by atoms with van der Waals surface area (Å²) in [7, 11) is -3.37. The van der Waals surface area contributed by atoms with E-state index in [9.17, 15) is 27.1 Å². The van der Waals surface area contributed by atoms with Gasteiger partial charge in [-0.15, -0.1) is 0 Å². The number of hydrogen-bond acceptors (Lipinski definition) is 8. The third kappa shape index (κ3) is 6.66. The molecular formula is C23H27F2N3O6S. The highest BCUT2D eigenvalue weighted by molar-refractivity contribution is 7.90. The molecule has 2 atom stereocenters. The highest BCUT2D eigenvalue weighted by Gasteiger charge is 2.31. The molecule has 12 heteroatoms. The van der Waals surface area contributed by atoms with Gasteiger partial charge in [0.1, 0.15) is 24.3 Å². The topological polar surface area (TPSA) is 108 Å². The molecule has 0 bridgehead atoms. The number of nitrogens with one attached hydrogen (secondary N) is 1. The Bertz CT molecular complexity index is 1170. The summed E-state index contributed by atoms with van der Waals surface area (Å²) in [5.74, 6) is -1.19. The molecule has 190 valence electrons. The zero-order valence-electron chi connectivity index (χ0n) is 19.1. The number of carbonyl (C=O) groups excluding carboxylic acids is 1. The predicted molar refractivity (Wildman–Crippen MR) is 123 cm³/mol. The molecule has 1 amide bonds. The van der Waals surface area contributed by atoms with Crippen molar-refractivity contribution < 1.29 is 36.6 Å². The standard InChI is InChI=1S/C23H27F2N3O6S/c1-35(31,32)18-2-3-20-21(11-18)33-14-22(34-20)19(29)12-27-4-6-28(7-5-27)13-23(30)26-17-9-15(24)8-16(25)10-17/h2-3,8-11,19,22,29H,4-7,12-14H2,1H3,(H,26,30). The number of benzene rings is 2. The zero-order valence-corrected chi connectivity index (χ0v) is 19.9. The number of aliphatic hydroxyl groups is 1. The number of hydrogen-bond donors (Lipinski definition) is 2. The molecule has 0 spiro atoms. The Labute approximate surface area is 202 Å². The quantitative estimate of drug-likeness (QED) is 0.570. The van der Waals surface area contributed by atoms with Gasteiger partial charge in [0.05, 0.1) is 11.4 Å². The number of amides is 1. The van der Waals surface area contributed by atoms with Crippen molar-refractivity contribution in [2.75, 3.05) is 57.4 Å². The molecular weight excluding hydrogens is 484 g/mol. The fraction of sp³-hybridized carbons (Fsp3) is 0.435. The van der Waals surface area contributed by atoms with Gasteiger partial charge in [-0.05, 0) is 24.3 Å². The molecule has 9 nitrogen and oxygen atoms in total. The normalized spacial score (nSPS) is 19.8. The van der Waals surface area contributed by atoms with Crippen LogP contribution < -0.4 is 14.8 Å². The first-order chi connectivity index (χ1) is 16.6. The Morgan fingerprint density at radius 1 is 1.09 bits per heavy atom. The molecule has 2 N–H and O–H groups in total. The maximum atomic E-state index is 13.3. The number of nitrogens with zero attached hydrogens (tertiary/aromatic N) is 2. The molecule has 2 aromatic carbocycles. The van der Waals surface area contributed by atoms with Crippen molar-refractivity contribution >= 4 is 21.4 Å². The van der Waals surface area contributed by atoms with Gasteiger partial charge in [0.2, 0.25) is 5.91 Å². The number of fused-ring (bicyclic) bond motifs is 1. The number of carbonyl (C=O) groups is 1. The van der Waals surface area contributed by atoms with E-state index in [0.717, 1.165) is 24.5 Å². The van der Waals surface area contributed by atoms with Gasteiger partial charge in [-0.1, -0.05) is 0 Å². The Hall–Kier alpha value is -2.80. The number of aliphatic hydroxyl groups excluding tert-OH is 1. The van der Waals surface area contributed by atoms with Crippen molar-refractivity contribution in [3.8, 4) is 11.5 Å². The molecule has 0 saturated carbocycles. The van der Waals surface area contributed by atoms with Crippen LogP contribution >= 0.6 is 0 Å². The second kappa shape index (κ2) is 10.4. The lowest BCUT2D eigenvalue weighted by Gasteiger charge is -2.37. The zero-order chi connectivity index (χ0) is 25.2. The van der Waals surface area contributed by atoms with Crippen LogP contribution in [0.4, 0.5) is 14.5 Å². The number of ether oxygens (including phenoxy) is 2. The molecule has 2 unspecified atom stereocenters. The van der Waals surface area contributed by atoms with Gasteiger partial charge < -0.3 is 19.9 Å². The summed E-state index contributed by atoms with van der Waals surface area (Å²) in [5.41, 5.74) is 0.0677. The van der Waals surface area contributed by atoms with Gasteiger partial charge in [0, 0.05) is 56.8 Å². The van der Waals surface area contributed by atoms with Crippen molar-refractivity contribution in [2.45, 2.75) is 17.1 Å². The van der Waals surface area contributed by atoms with Crippen LogP contribution in [0, 0.1) is 11.6 Å². The first-order valence-electron chi connectivity index (χ1n) is 11.1. The molecule has 2 aliphatic rings. The van der Waals surface area contributed by atoms with E-state index in [1.165, 1.54) is 18.2 Å². The van der Waals surface area contributed by atoms with E-state index in [0.29, 0.717) is 44.2 Å². The third-order valence-corrected chi connectivity index (χ3v) is 6.99. The van der Waals surface area contributed by atoms with Crippen LogP contribution in [-0.2, 0) is 14.6 Å². The van der Waals surface area contributed by atoms with E-state index >= 15 is 0 Å². The van der Waals surface area contributed by atoms with E-state index in [1.807, 2.05) is 9.80 Å². The maximum absolute atomic E-state index is 13.3. The van der Waals surface area contributed by atoms with Crippen molar-refractivity contribution in [3.05, 3.63) is 48.0 Å². The molecule has 0 aliphatic carbocycles. The van der Waals surface area contributed by atoms with E-state index in [-0.39, 0.29) is 29.6 Å². The monoisotopic (exact) mass is 511 g/mol. The molecule has 2 aromatic rings. The molecule has 2 heterocycles. The fourth-order valence-electron chi connectivity index (χ4n) is 4.03. The van der Waals surface area contributed by atoms with Crippen LogP contribution in [0.15, 0.2) is 41.3 Å². The number of β-amino-alcohol motifs (C(OH)–C–C–N with tert-alkyl or cyclic N) is 1. The van der Waals surface area contributed by atoms with Gasteiger partial charge in [-0.3, -0.25) is 14.6 Å². The summed E-state index contributed by atoms with van der Waals surface area (Å²) in [6, 6.07) is 7.22. The largest absolute Gasteiger partial charge is 0.486 e. The van der Waals surface area contributed by atoms with E-state index in [4.69, 9.17) is 9.47 Å². The van der Waals surface area contributed by atoms with Crippen molar-refractivity contribution in [1.29, 1.82) is 0 Å². The molecule has 1 saturated heterocycles. The van der Waals surface area contributed by atoms with Crippen LogP contribution in [0.3, 0.4) is 0 Å². The average molecular weight is 512 g/mol. The summed E-state index contributed by atoms with van der Waals surface area (Å²) in [4.78, 5) is 16.3. The van der Waals surface area contributed by atoms with Gasteiger partial charge in [0.25, 0.3) is 0 Å². The second-order valence-electron chi connectivity index (χ2n) is 8.70. The average Bonchev–Trinajstić information content (AvgIpc) is 2.78. The van der Waals surface area contributed by atoms with E-state index in [2.05, 4.69) is 5.32 Å². The number of sulfone groups is 1. The SMILES string of the molecule is CS(=O)(=O)c1ccc2c(c1)OCC(C(O)CN1CCN(CC(=O)Nc3cc(F)cc(F)c3)CC1)O2. The molecule has 0 radical (unpaired) electrons. The first kappa shape index (κ1) is 25.3. The Morgan fingerprint density at radius 2 is 1.74 bits per heavy atom. The van der Waals surface area contributed by atoms with Crippen molar-refractivity contribution in [1.82, 2.24) is 9.80 Å². The van der Waals surface area contributed by atoms with Crippen LogP contribution in [0.2, 0.25) is 0 Å². The predicted octanol–water partition coefficient (Wildman–Crippen LogP) is 1.13. The number of rotatable bonds is 7. The lowest BCUT2D eigenvalue weighted by molar-refractivity contribution is -0.117. The molecule has 1 fully saturated rings. The van der Waals surface area contributed by atoms with Crippen LogP contribution in [0.5, 0.6) is 11.5 Å². The Morgan fingerprint density at radius 3 is 2.40 bits per heavy atom. The highest BCUT2D eigenvalue weighted by Crippen LogP contribution is 2.34. The van der Waals surface area contributed by atoms with Gasteiger partial charge in [-0.2, -0.15) is 0 Å². The van der Waals surface area contributed by atoms with Crippen molar-refractivity contribution in [3.63, 3.8) is 0 Å². The van der Waals surface area contributed by atoms with E-state index in [1.54, 1.807) is 0 Å². The minimum atomic E-state index is -3.37. The van der Waals surface area contributed by atoms with Crippen molar-refractivity contribution in [2.24, 2.45) is 0 Å². The maximum Gasteiger partial charge on any atom is 0.238 e. The number of halogens is 2. The molecule has 0 aromatic heterocycles. The molecule has 4 rings (SSSR count). The summed E-state index contributed by atoms with van der Waals surface area (Å²) in [6.45, 7) is 2.89.